The minimum atomic E-state index is 0.569. The van der Waals surface area contributed by atoms with Gasteiger partial charge in [0.25, 0.3) is 0 Å². The lowest BCUT2D eigenvalue weighted by atomic mass is 9.72. The van der Waals surface area contributed by atoms with Crippen molar-refractivity contribution in [2.75, 3.05) is 13.1 Å². The van der Waals surface area contributed by atoms with Crippen LogP contribution >= 0.6 is 0 Å². The normalized spacial score (nSPS) is 37.1. The Labute approximate surface area is 69.6 Å². The Morgan fingerprint density at radius 1 is 1.18 bits per heavy atom. The highest BCUT2D eigenvalue weighted by atomic mass is 14.9. The first-order valence-electron chi connectivity index (χ1n) is 4.91. The SMILES string of the molecule is CC1(C)CNCCC1C1CC1. The molecule has 1 N–H and O–H groups in total. The van der Waals surface area contributed by atoms with Gasteiger partial charge < -0.3 is 5.32 Å². The van der Waals surface area contributed by atoms with Crippen molar-refractivity contribution < 1.29 is 0 Å². The quantitative estimate of drug-likeness (QED) is 0.608. The van der Waals surface area contributed by atoms with Crippen molar-refractivity contribution in [1.29, 1.82) is 0 Å². The van der Waals surface area contributed by atoms with Gasteiger partial charge in [-0.3, -0.25) is 0 Å². The monoisotopic (exact) mass is 153 g/mol. The molecule has 2 rings (SSSR count). The van der Waals surface area contributed by atoms with Gasteiger partial charge in [0.05, 0.1) is 0 Å². The molecule has 11 heavy (non-hydrogen) atoms. The van der Waals surface area contributed by atoms with Crippen LogP contribution in [0.5, 0.6) is 0 Å². The van der Waals surface area contributed by atoms with E-state index in [0.717, 1.165) is 11.8 Å². The fourth-order valence-electron chi connectivity index (χ4n) is 2.56. The van der Waals surface area contributed by atoms with E-state index in [-0.39, 0.29) is 0 Å². The highest BCUT2D eigenvalue weighted by Crippen LogP contribution is 2.48. The standard InChI is InChI=1S/C10H19N/c1-10(2)7-11-6-5-9(10)8-3-4-8/h8-9,11H,3-7H2,1-2H3. The maximum Gasteiger partial charge on any atom is 0.000528 e. The minimum absolute atomic E-state index is 0.569. The van der Waals surface area contributed by atoms with E-state index >= 15 is 0 Å². The molecule has 1 saturated carbocycles. The molecule has 0 bridgehead atoms. The average molecular weight is 153 g/mol. The molecule has 0 aromatic rings. The van der Waals surface area contributed by atoms with Gasteiger partial charge >= 0.3 is 0 Å². The summed E-state index contributed by atoms with van der Waals surface area (Å²) in [6, 6.07) is 0. The lowest BCUT2D eigenvalue weighted by molar-refractivity contribution is 0.134. The molecule has 0 amide bonds. The zero-order chi connectivity index (χ0) is 7.90. The Kier molecular flexibility index (Phi) is 1.71. The highest BCUT2D eigenvalue weighted by molar-refractivity contribution is 4.93. The summed E-state index contributed by atoms with van der Waals surface area (Å²) in [4.78, 5) is 0. The molecule has 0 spiro atoms. The fraction of sp³-hybridized carbons (Fsp3) is 1.00. The number of nitrogens with one attached hydrogen (secondary N) is 1. The Balaban J connectivity index is 2.02. The smallest absolute Gasteiger partial charge is 0.000528 e. The van der Waals surface area contributed by atoms with Crippen molar-refractivity contribution in [3.63, 3.8) is 0 Å². The molecule has 64 valence electrons. The molecular formula is C10H19N. The van der Waals surface area contributed by atoms with Crippen molar-refractivity contribution in [2.24, 2.45) is 17.3 Å². The summed E-state index contributed by atoms with van der Waals surface area (Å²) in [6.07, 6.45) is 4.43. The summed E-state index contributed by atoms with van der Waals surface area (Å²) >= 11 is 0. The number of piperidine rings is 1. The van der Waals surface area contributed by atoms with E-state index in [4.69, 9.17) is 0 Å². The Hall–Kier alpha value is -0.0400. The van der Waals surface area contributed by atoms with Crippen LogP contribution in [0.3, 0.4) is 0 Å². The van der Waals surface area contributed by atoms with Gasteiger partial charge in [0.1, 0.15) is 0 Å². The molecule has 2 fully saturated rings. The van der Waals surface area contributed by atoms with Crippen molar-refractivity contribution in [1.82, 2.24) is 5.32 Å². The number of hydrogen-bond donors (Lipinski definition) is 1. The predicted octanol–water partition coefficient (Wildman–Crippen LogP) is 2.03. The third-order valence-corrected chi connectivity index (χ3v) is 3.41. The number of rotatable bonds is 1. The first-order chi connectivity index (χ1) is 5.20. The van der Waals surface area contributed by atoms with Crippen molar-refractivity contribution in [3.8, 4) is 0 Å². The van der Waals surface area contributed by atoms with E-state index in [9.17, 15) is 0 Å². The summed E-state index contributed by atoms with van der Waals surface area (Å²) < 4.78 is 0. The van der Waals surface area contributed by atoms with E-state index in [2.05, 4.69) is 19.2 Å². The Morgan fingerprint density at radius 3 is 2.45 bits per heavy atom. The molecule has 1 nitrogen and oxygen atoms in total. The Morgan fingerprint density at radius 2 is 1.91 bits per heavy atom. The maximum absolute atomic E-state index is 3.49. The van der Waals surface area contributed by atoms with Crippen LogP contribution in [0.15, 0.2) is 0 Å². The Bertz CT molecular complexity index is 147. The average Bonchev–Trinajstić information content (AvgIpc) is 2.69. The summed E-state index contributed by atoms with van der Waals surface area (Å²) in [7, 11) is 0. The van der Waals surface area contributed by atoms with E-state index in [0.29, 0.717) is 5.41 Å². The molecule has 1 saturated heterocycles. The highest BCUT2D eigenvalue weighted by Gasteiger charge is 2.41. The van der Waals surface area contributed by atoms with Crippen LogP contribution in [0.25, 0.3) is 0 Å². The van der Waals surface area contributed by atoms with Gasteiger partial charge in [0, 0.05) is 6.54 Å². The predicted molar refractivity (Wildman–Crippen MR) is 47.5 cm³/mol. The van der Waals surface area contributed by atoms with Crippen molar-refractivity contribution >= 4 is 0 Å². The van der Waals surface area contributed by atoms with Crippen LogP contribution in [0.4, 0.5) is 0 Å². The largest absolute Gasteiger partial charge is 0.316 e. The summed E-state index contributed by atoms with van der Waals surface area (Å²) in [5.41, 5.74) is 0.569. The van der Waals surface area contributed by atoms with Crippen molar-refractivity contribution in [2.45, 2.75) is 33.1 Å². The third-order valence-electron chi connectivity index (χ3n) is 3.41. The second-order valence-corrected chi connectivity index (χ2v) is 4.90. The van der Waals surface area contributed by atoms with E-state index in [1.165, 1.54) is 32.4 Å². The molecule has 1 heteroatoms. The van der Waals surface area contributed by atoms with Gasteiger partial charge in [-0.15, -0.1) is 0 Å². The van der Waals surface area contributed by atoms with Crippen LogP contribution in [-0.4, -0.2) is 13.1 Å². The molecule has 1 atom stereocenters. The van der Waals surface area contributed by atoms with Gasteiger partial charge in [0.2, 0.25) is 0 Å². The zero-order valence-electron chi connectivity index (χ0n) is 7.69. The lowest BCUT2D eigenvalue weighted by Crippen LogP contribution is -2.43. The topological polar surface area (TPSA) is 12.0 Å². The van der Waals surface area contributed by atoms with Gasteiger partial charge in [-0.05, 0) is 43.1 Å². The van der Waals surface area contributed by atoms with E-state index < -0.39 is 0 Å². The molecule has 1 heterocycles. The van der Waals surface area contributed by atoms with Gasteiger partial charge in [-0.25, -0.2) is 0 Å². The van der Waals surface area contributed by atoms with Gasteiger partial charge in [-0.1, -0.05) is 13.8 Å². The zero-order valence-corrected chi connectivity index (χ0v) is 7.69. The molecule has 2 aliphatic rings. The van der Waals surface area contributed by atoms with E-state index in [1.54, 1.807) is 0 Å². The van der Waals surface area contributed by atoms with Crippen molar-refractivity contribution in [3.05, 3.63) is 0 Å². The molecule has 1 aliphatic heterocycles. The van der Waals surface area contributed by atoms with Crippen LogP contribution < -0.4 is 5.32 Å². The van der Waals surface area contributed by atoms with E-state index in [1.807, 2.05) is 0 Å². The van der Waals surface area contributed by atoms with Crippen LogP contribution in [0.1, 0.15) is 33.1 Å². The summed E-state index contributed by atoms with van der Waals surface area (Å²) in [6.45, 7) is 7.32. The summed E-state index contributed by atoms with van der Waals surface area (Å²) in [5, 5.41) is 3.49. The minimum Gasteiger partial charge on any atom is -0.316 e. The van der Waals surface area contributed by atoms with Crippen LogP contribution in [-0.2, 0) is 0 Å². The van der Waals surface area contributed by atoms with Gasteiger partial charge in [0.15, 0.2) is 0 Å². The molecular weight excluding hydrogens is 134 g/mol. The lowest BCUT2D eigenvalue weighted by Gasteiger charge is -2.39. The second kappa shape index (κ2) is 2.48. The second-order valence-electron chi connectivity index (χ2n) is 4.90. The van der Waals surface area contributed by atoms with Crippen LogP contribution in [0.2, 0.25) is 0 Å². The molecule has 0 aromatic heterocycles. The maximum atomic E-state index is 3.49. The molecule has 0 aromatic carbocycles. The summed E-state index contributed by atoms with van der Waals surface area (Å²) in [5.74, 6) is 2.11. The fourth-order valence-corrected chi connectivity index (χ4v) is 2.56. The van der Waals surface area contributed by atoms with Gasteiger partial charge in [-0.2, -0.15) is 0 Å². The molecule has 0 radical (unpaired) electrons. The van der Waals surface area contributed by atoms with Crippen LogP contribution in [0, 0.1) is 17.3 Å². The first kappa shape index (κ1) is 7.60. The molecule has 1 aliphatic carbocycles. The molecule has 1 unspecified atom stereocenters. The first-order valence-corrected chi connectivity index (χ1v) is 4.91. The number of hydrogen-bond acceptors (Lipinski definition) is 1. The third kappa shape index (κ3) is 1.44.